The highest BCUT2D eigenvalue weighted by atomic mass is 14.3. The lowest BCUT2D eigenvalue weighted by molar-refractivity contribution is 1.46. The Balaban J connectivity index is 1.26. The van der Waals surface area contributed by atoms with E-state index in [0.29, 0.717) is 0 Å². The van der Waals surface area contributed by atoms with Crippen LogP contribution in [0.2, 0.25) is 0 Å². The summed E-state index contributed by atoms with van der Waals surface area (Å²) in [4.78, 5) is 0. The van der Waals surface area contributed by atoms with Crippen LogP contribution in [-0.4, -0.2) is 0 Å². The molecule has 10 aromatic rings. The Bertz CT molecular complexity index is 3250. The van der Waals surface area contributed by atoms with E-state index < -0.39 is 0 Å². The molecular weight excluding hydrogens is 649 g/mol. The molecule has 54 heavy (non-hydrogen) atoms. The largest absolute Gasteiger partial charge is 0.0620 e. The molecule has 0 aromatic heterocycles. The van der Waals surface area contributed by atoms with Crippen molar-refractivity contribution in [3.63, 3.8) is 0 Å². The summed E-state index contributed by atoms with van der Waals surface area (Å²) in [5, 5.41) is 10.5. The van der Waals surface area contributed by atoms with E-state index in [9.17, 15) is 0 Å². The Morgan fingerprint density at radius 1 is 0.259 bits per heavy atom. The first kappa shape index (κ1) is 29.8. The highest BCUT2D eigenvalue weighted by molar-refractivity contribution is 6.31. The molecule has 0 saturated heterocycles. The third kappa shape index (κ3) is 3.87. The van der Waals surface area contributed by atoms with Gasteiger partial charge in [0.1, 0.15) is 0 Å². The van der Waals surface area contributed by atoms with Crippen LogP contribution in [0.15, 0.2) is 170 Å². The third-order valence-electron chi connectivity index (χ3n) is 12.4. The fourth-order valence-electron chi connectivity index (χ4n) is 10.1. The number of fused-ring (bicyclic) bond motifs is 9. The Kier molecular flexibility index (Phi) is 6.00. The van der Waals surface area contributed by atoms with Crippen LogP contribution < -0.4 is 0 Å². The topological polar surface area (TPSA) is 0 Å². The number of aryl methyl sites for hydroxylation is 2. The van der Waals surface area contributed by atoms with E-state index in [1.807, 2.05) is 0 Å². The van der Waals surface area contributed by atoms with Crippen molar-refractivity contribution in [3.05, 3.63) is 181 Å². The highest BCUT2D eigenvalue weighted by Crippen LogP contribution is 2.59. The van der Waals surface area contributed by atoms with Gasteiger partial charge >= 0.3 is 0 Å². The fraction of sp³-hybridized carbons (Fsp3) is 0.0370. The standard InChI is InChI=1S/C54H34/c1-31-13-3-6-16-35(31)51-45-26-25-34(38-27-28-44-40-20-10-9-19-39(40)43-23-11-21-42(38)49(43)44)29-47(45)52(36-17-7-4-14-32(36)2)54-48-30-33-15-5-8-18-37(33)41-22-12-24-46(50(41)48)53(51)54/h3-30H,1-2H3. The molecule has 0 N–H and O–H groups in total. The molecule has 0 unspecified atom stereocenters. The van der Waals surface area contributed by atoms with Crippen LogP contribution in [0.3, 0.4) is 0 Å². The van der Waals surface area contributed by atoms with Gasteiger partial charge in [0.2, 0.25) is 0 Å². The molecule has 250 valence electrons. The van der Waals surface area contributed by atoms with Crippen molar-refractivity contribution in [2.24, 2.45) is 0 Å². The third-order valence-corrected chi connectivity index (χ3v) is 12.4. The lowest BCUT2D eigenvalue weighted by atomic mass is 9.80. The van der Waals surface area contributed by atoms with Crippen LogP contribution in [0.4, 0.5) is 0 Å². The Morgan fingerprint density at radius 2 is 0.778 bits per heavy atom. The molecule has 0 heteroatoms. The van der Waals surface area contributed by atoms with Gasteiger partial charge in [0.25, 0.3) is 0 Å². The normalized spacial score (nSPS) is 12.3. The molecule has 0 radical (unpaired) electrons. The summed E-state index contributed by atoms with van der Waals surface area (Å²) in [6.07, 6.45) is 0. The van der Waals surface area contributed by atoms with Crippen molar-refractivity contribution < 1.29 is 0 Å². The van der Waals surface area contributed by atoms with Crippen molar-refractivity contribution in [2.45, 2.75) is 13.8 Å². The van der Waals surface area contributed by atoms with E-state index in [4.69, 9.17) is 0 Å². The van der Waals surface area contributed by atoms with Gasteiger partial charge < -0.3 is 0 Å². The van der Waals surface area contributed by atoms with Gasteiger partial charge in [0, 0.05) is 0 Å². The van der Waals surface area contributed by atoms with Crippen molar-refractivity contribution in [1.82, 2.24) is 0 Å². The maximum absolute atomic E-state index is 2.51. The zero-order valence-electron chi connectivity index (χ0n) is 30.2. The predicted octanol–water partition coefficient (Wildman–Crippen LogP) is 15.2. The summed E-state index contributed by atoms with van der Waals surface area (Å²) in [5.41, 5.74) is 21.0. The fourth-order valence-corrected chi connectivity index (χ4v) is 10.1. The van der Waals surface area contributed by atoms with Crippen LogP contribution in [0, 0.1) is 13.8 Å². The van der Waals surface area contributed by atoms with Gasteiger partial charge in [-0.05, 0) is 158 Å². The molecule has 0 bridgehead atoms. The second-order valence-corrected chi connectivity index (χ2v) is 15.2. The summed E-state index contributed by atoms with van der Waals surface area (Å²) in [6, 6.07) is 64.0. The summed E-state index contributed by atoms with van der Waals surface area (Å²) in [5.74, 6) is 0. The zero-order valence-corrected chi connectivity index (χ0v) is 30.2. The summed E-state index contributed by atoms with van der Waals surface area (Å²) in [7, 11) is 0. The lowest BCUT2D eigenvalue weighted by Gasteiger charge is -2.23. The second-order valence-electron chi connectivity index (χ2n) is 15.2. The monoisotopic (exact) mass is 682 g/mol. The van der Waals surface area contributed by atoms with Gasteiger partial charge in [-0.3, -0.25) is 0 Å². The molecule has 2 aliphatic rings. The minimum atomic E-state index is 1.24. The predicted molar refractivity (Wildman–Crippen MR) is 231 cm³/mol. The van der Waals surface area contributed by atoms with E-state index in [1.165, 1.54) is 132 Å². The summed E-state index contributed by atoms with van der Waals surface area (Å²) in [6.45, 7) is 4.53. The van der Waals surface area contributed by atoms with Crippen LogP contribution in [-0.2, 0) is 0 Å². The molecule has 0 aliphatic heterocycles. The molecule has 0 fully saturated rings. The smallest absolute Gasteiger partial charge is 0.000709 e. The number of hydrogen-bond donors (Lipinski definition) is 0. The first-order valence-corrected chi connectivity index (χ1v) is 19.0. The van der Waals surface area contributed by atoms with Gasteiger partial charge in [-0.1, -0.05) is 158 Å². The zero-order chi connectivity index (χ0) is 35.7. The molecule has 2 aliphatic carbocycles. The van der Waals surface area contributed by atoms with Gasteiger partial charge in [-0.25, -0.2) is 0 Å². The molecule has 12 rings (SSSR count). The first-order valence-electron chi connectivity index (χ1n) is 19.0. The van der Waals surface area contributed by atoms with Gasteiger partial charge in [0.15, 0.2) is 0 Å². The van der Waals surface area contributed by atoms with E-state index >= 15 is 0 Å². The van der Waals surface area contributed by atoms with Gasteiger partial charge in [-0.2, -0.15) is 0 Å². The van der Waals surface area contributed by atoms with Crippen molar-refractivity contribution in [3.8, 4) is 77.9 Å². The average Bonchev–Trinajstić information content (AvgIpc) is 3.72. The van der Waals surface area contributed by atoms with E-state index in [0.717, 1.165) is 0 Å². The van der Waals surface area contributed by atoms with Crippen molar-refractivity contribution in [2.75, 3.05) is 0 Å². The Labute approximate surface area is 314 Å². The van der Waals surface area contributed by atoms with Crippen LogP contribution in [0.25, 0.3) is 121 Å². The van der Waals surface area contributed by atoms with E-state index in [-0.39, 0.29) is 0 Å². The van der Waals surface area contributed by atoms with Gasteiger partial charge in [0.05, 0.1) is 0 Å². The Hall–Kier alpha value is -6.76. The molecule has 0 atom stereocenters. The van der Waals surface area contributed by atoms with Crippen LogP contribution >= 0.6 is 0 Å². The molecule has 10 aromatic carbocycles. The number of hydrogen-bond acceptors (Lipinski definition) is 0. The van der Waals surface area contributed by atoms with E-state index in [2.05, 4.69) is 184 Å². The SMILES string of the molecule is Cc1ccccc1-c1c2c(c(-c3ccccc3C)c3cc(-c4ccc5c6c(cccc46)-c4ccccc4-5)ccc13)-c1cc3ccccc3c3cccc-2c13. The van der Waals surface area contributed by atoms with Crippen LogP contribution in [0.1, 0.15) is 11.1 Å². The van der Waals surface area contributed by atoms with Crippen molar-refractivity contribution >= 4 is 43.1 Å². The summed E-state index contributed by atoms with van der Waals surface area (Å²) >= 11 is 0. The number of benzene rings is 10. The molecule has 0 nitrogen and oxygen atoms in total. The number of rotatable bonds is 3. The maximum atomic E-state index is 2.51. The lowest BCUT2D eigenvalue weighted by Crippen LogP contribution is -1.96. The average molecular weight is 683 g/mol. The molecule has 0 spiro atoms. The first-order chi connectivity index (χ1) is 26.7. The minimum Gasteiger partial charge on any atom is -0.0620 e. The molecule has 0 saturated carbocycles. The second kappa shape index (κ2) is 10.9. The van der Waals surface area contributed by atoms with Gasteiger partial charge in [-0.15, -0.1) is 0 Å². The Morgan fingerprint density at radius 3 is 1.52 bits per heavy atom. The molecule has 0 amide bonds. The molecule has 0 heterocycles. The minimum absolute atomic E-state index is 1.24. The molecular formula is C54H34. The summed E-state index contributed by atoms with van der Waals surface area (Å²) < 4.78 is 0. The maximum Gasteiger partial charge on any atom is -0.000709 e. The quantitative estimate of drug-likeness (QED) is 0.163. The van der Waals surface area contributed by atoms with E-state index in [1.54, 1.807) is 0 Å². The highest BCUT2D eigenvalue weighted by Gasteiger charge is 2.32. The van der Waals surface area contributed by atoms with Crippen molar-refractivity contribution in [1.29, 1.82) is 0 Å². The van der Waals surface area contributed by atoms with Crippen LogP contribution in [0.5, 0.6) is 0 Å².